The third-order valence-corrected chi connectivity index (χ3v) is 1.27. The van der Waals surface area contributed by atoms with E-state index in [-0.39, 0.29) is 17.4 Å². The first-order valence-electron chi connectivity index (χ1n) is 4.13. The fraction of sp³-hybridized carbons (Fsp3) is 0.500. The van der Waals surface area contributed by atoms with Gasteiger partial charge in [0.25, 0.3) is 11.6 Å². The van der Waals surface area contributed by atoms with Crippen molar-refractivity contribution in [2.75, 3.05) is 13.2 Å². The number of H-pyrrole nitrogens is 1. The molecule has 0 bridgehead atoms. The molecule has 5 nitrogen and oxygen atoms in total. The summed E-state index contributed by atoms with van der Waals surface area (Å²) in [5.74, 6) is 0.287. The maximum Gasteiger partial charge on any atom is 0.299 e. The number of rotatable bonds is 4. The molecule has 0 fully saturated rings. The van der Waals surface area contributed by atoms with Crippen LogP contribution in [-0.2, 0) is 0 Å². The van der Waals surface area contributed by atoms with Crippen molar-refractivity contribution in [3.8, 4) is 11.9 Å². The number of hydrogen-bond acceptors (Lipinski definition) is 4. The molecular formula is C8H12N2O3. The molecule has 0 saturated heterocycles. The molecule has 0 saturated carbocycles. The lowest BCUT2D eigenvalue weighted by atomic mass is 10.6. The molecule has 1 N–H and O–H groups in total. The second kappa shape index (κ2) is 4.49. The van der Waals surface area contributed by atoms with Gasteiger partial charge in [-0.2, -0.15) is 4.98 Å². The summed E-state index contributed by atoms with van der Waals surface area (Å²) in [6.45, 7) is 4.57. The van der Waals surface area contributed by atoms with E-state index in [0.717, 1.165) is 0 Å². The second-order valence-electron chi connectivity index (χ2n) is 2.25. The fourth-order valence-electron chi connectivity index (χ4n) is 0.841. The largest absolute Gasteiger partial charge is 0.478 e. The van der Waals surface area contributed by atoms with Gasteiger partial charge in [-0.05, 0) is 13.8 Å². The van der Waals surface area contributed by atoms with Crippen molar-refractivity contribution < 1.29 is 9.47 Å². The molecule has 72 valence electrons. The molecule has 0 unspecified atom stereocenters. The Balaban J connectivity index is 2.90. The summed E-state index contributed by atoms with van der Waals surface area (Å²) >= 11 is 0. The standard InChI is InChI=1S/C8H12N2O3/c1-3-12-7-5-6(11)9-8(10-7)13-4-2/h5H,3-4H2,1-2H3,(H,9,10,11). The lowest BCUT2D eigenvalue weighted by molar-refractivity contribution is 0.287. The SMILES string of the molecule is CCOc1cc(=O)[nH]c(OCC)n1. The summed E-state index contributed by atoms with van der Waals surface area (Å²) in [6, 6.07) is 1.48. The van der Waals surface area contributed by atoms with Crippen molar-refractivity contribution in [2.45, 2.75) is 13.8 Å². The molecule has 0 amide bonds. The maximum atomic E-state index is 11.0. The summed E-state index contributed by atoms with van der Waals surface area (Å²) in [7, 11) is 0. The van der Waals surface area contributed by atoms with E-state index in [1.54, 1.807) is 0 Å². The average molecular weight is 184 g/mol. The molecule has 0 spiro atoms. The van der Waals surface area contributed by atoms with E-state index in [0.29, 0.717) is 13.2 Å². The Kier molecular flexibility index (Phi) is 3.31. The van der Waals surface area contributed by atoms with Gasteiger partial charge in [0, 0.05) is 0 Å². The van der Waals surface area contributed by atoms with Crippen LogP contribution in [0.3, 0.4) is 0 Å². The number of ether oxygens (including phenoxy) is 2. The zero-order chi connectivity index (χ0) is 9.68. The van der Waals surface area contributed by atoms with Gasteiger partial charge < -0.3 is 9.47 Å². The van der Waals surface area contributed by atoms with Gasteiger partial charge in [-0.1, -0.05) is 0 Å². The molecule has 1 heterocycles. The summed E-state index contributed by atoms with van der Waals surface area (Å²) in [4.78, 5) is 17.4. The van der Waals surface area contributed by atoms with Crippen LogP contribution in [0.5, 0.6) is 11.9 Å². The molecule has 0 aliphatic carbocycles. The quantitative estimate of drug-likeness (QED) is 0.742. The van der Waals surface area contributed by atoms with Crippen molar-refractivity contribution in [2.24, 2.45) is 0 Å². The molecule has 0 radical (unpaired) electrons. The molecule has 1 rings (SSSR count). The van der Waals surface area contributed by atoms with E-state index in [4.69, 9.17) is 9.47 Å². The van der Waals surface area contributed by atoms with E-state index in [1.807, 2.05) is 13.8 Å². The number of aromatic amines is 1. The van der Waals surface area contributed by atoms with Crippen LogP contribution in [0.15, 0.2) is 10.9 Å². The van der Waals surface area contributed by atoms with E-state index in [2.05, 4.69) is 9.97 Å². The highest BCUT2D eigenvalue weighted by Crippen LogP contribution is 2.06. The highest BCUT2D eigenvalue weighted by atomic mass is 16.5. The van der Waals surface area contributed by atoms with Crippen LogP contribution in [0.1, 0.15) is 13.8 Å². The monoisotopic (exact) mass is 184 g/mol. The number of nitrogens with zero attached hydrogens (tertiary/aromatic N) is 1. The molecule has 1 aromatic rings. The van der Waals surface area contributed by atoms with E-state index in [9.17, 15) is 4.79 Å². The highest BCUT2D eigenvalue weighted by Gasteiger charge is 2.00. The lowest BCUT2D eigenvalue weighted by Gasteiger charge is -2.03. The van der Waals surface area contributed by atoms with Crippen LogP contribution in [0.4, 0.5) is 0 Å². The Morgan fingerprint density at radius 1 is 1.38 bits per heavy atom. The first-order valence-corrected chi connectivity index (χ1v) is 4.13. The summed E-state index contributed by atoms with van der Waals surface area (Å²) in [6.07, 6.45) is 0. The lowest BCUT2D eigenvalue weighted by Crippen LogP contribution is -2.10. The van der Waals surface area contributed by atoms with Gasteiger partial charge in [0.1, 0.15) is 0 Å². The molecule has 0 aliphatic rings. The third-order valence-electron chi connectivity index (χ3n) is 1.27. The molecule has 0 aliphatic heterocycles. The molecule has 0 aromatic carbocycles. The summed E-state index contributed by atoms with van der Waals surface area (Å²) in [5.41, 5.74) is -0.276. The first kappa shape index (κ1) is 9.57. The summed E-state index contributed by atoms with van der Waals surface area (Å²) in [5, 5.41) is 0. The smallest absolute Gasteiger partial charge is 0.299 e. The van der Waals surface area contributed by atoms with Gasteiger partial charge in [0.2, 0.25) is 5.88 Å². The molecular weight excluding hydrogens is 172 g/mol. The summed E-state index contributed by atoms with van der Waals surface area (Å²) < 4.78 is 10.1. The predicted octanol–water partition coefficient (Wildman–Crippen LogP) is 0.567. The molecule has 13 heavy (non-hydrogen) atoms. The number of hydrogen-bond donors (Lipinski definition) is 1. The highest BCUT2D eigenvalue weighted by molar-refractivity contribution is 5.11. The number of aromatic nitrogens is 2. The van der Waals surface area contributed by atoms with E-state index >= 15 is 0 Å². The first-order chi connectivity index (χ1) is 6.26. The van der Waals surface area contributed by atoms with E-state index in [1.165, 1.54) is 6.07 Å². The van der Waals surface area contributed by atoms with Crippen molar-refractivity contribution >= 4 is 0 Å². The van der Waals surface area contributed by atoms with Crippen molar-refractivity contribution in [3.63, 3.8) is 0 Å². The van der Waals surface area contributed by atoms with Gasteiger partial charge in [-0.15, -0.1) is 0 Å². The number of nitrogens with one attached hydrogen (secondary N) is 1. The van der Waals surface area contributed by atoms with E-state index < -0.39 is 0 Å². The van der Waals surface area contributed by atoms with Crippen LogP contribution in [0, 0.1) is 0 Å². The van der Waals surface area contributed by atoms with Gasteiger partial charge in [0.05, 0.1) is 19.3 Å². The minimum Gasteiger partial charge on any atom is -0.478 e. The Labute approximate surface area is 75.7 Å². The normalized spacial score (nSPS) is 9.69. The second-order valence-corrected chi connectivity index (χ2v) is 2.25. The Bertz CT molecular complexity index is 294. The average Bonchev–Trinajstić information content (AvgIpc) is 2.04. The minimum absolute atomic E-state index is 0.193. The van der Waals surface area contributed by atoms with Crippen LogP contribution < -0.4 is 15.0 Å². The van der Waals surface area contributed by atoms with Gasteiger partial charge in [0.15, 0.2) is 0 Å². The predicted molar refractivity (Wildman–Crippen MR) is 47.2 cm³/mol. The fourth-order valence-corrected chi connectivity index (χ4v) is 0.841. The topological polar surface area (TPSA) is 64.2 Å². The van der Waals surface area contributed by atoms with Crippen LogP contribution in [0.25, 0.3) is 0 Å². The van der Waals surface area contributed by atoms with Crippen molar-refractivity contribution in [1.82, 2.24) is 9.97 Å². The zero-order valence-electron chi connectivity index (χ0n) is 7.66. The van der Waals surface area contributed by atoms with Gasteiger partial charge >= 0.3 is 0 Å². The third kappa shape index (κ3) is 2.77. The molecule has 5 heteroatoms. The van der Waals surface area contributed by atoms with Crippen LogP contribution in [0.2, 0.25) is 0 Å². The Hall–Kier alpha value is -1.52. The van der Waals surface area contributed by atoms with Crippen molar-refractivity contribution in [1.29, 1.82) is 0 Å². The Morgan fingerprint density at radius 3 is 2.69 bits per heavy atom. The minimum atomic E-state index is -0.276. The maximum absolute atomic E-state index is 11.0. The molecule has 1 aromatic heterocycles. The van der Waals surface area contributed by atoms with Crippen molar-refractivity contribution in [3.05, 3.63) is 16.4 Å². The van der Waals surface area contributed by atoms with Crippen LogP contribution >= 0.6 is 0 Å². The zero-order valence-corrected chi connectivity index (χ0v) is 7.66. The van der Waals surface area contributed by atoms with Gasteiger partial charge in [-0.25, -0.2) is 0 Å². The molecule has 0 atom stereocenters. The van der Waals surface area contributed by atoms with Crippen LogP contribution in [-0.4, -0.2) is 23.2 Å². The van der Waals surface area contributed by atoms with Gasteiger partial charge in [-0.3, -0.25) is 9.78 Å². The Morgan fingerprint density at radius 2 is 2.08 bits per heavy atom.